The maximum Gasteiger partial charge on any atom is 0.227 e. The third-order valence-electron chi connectivity index (χ3n) is 3.66. The molecule has 0 aromatic heterocycles. The van der Waals surface area contributed by atoms with Crippen LogP contribution < -0.4 is 0 Å². The van der Waals surface area contributed by atoms with Gasteiger partial charge in [0.15, 0.2) is 0 Å². The molecule has 0 unspecified atom stereocenters. The first-order valence-corrected chi connectivity index (χ1v) is 6.54. The molecular weight excluding hydrogens is 250 g/mol. The average molecular weight is 268 g/mol. The molecule has 1 aromatic rings. The Balaban J connectivity index is 1.94. The molecular formula is C14H18ClNO2. The molecule has 1 fully saturated rings. The molecule has 98 valence electrons. The van der Waals surface area contributed by atoms with Crippen molar-refractivity contribution in [3.63, 3.8) is 0 Å². The van der Waals surface area contributed by atoms with Gasteiger partial charge in [-0.25, -0.2) is 0 Å². The van der Waals surface area contributed by atoms with Crippen molar-refractivity contribution in [2.75, 3.05) is 13.1 Å². The Morgan fingerprint density at radius 2 is 2.06 bits per heavy atom. The zero-order chi connectivity index (χ0) is 13.3. The molecule has 0 aliphatic carbocycles. The van der Waals surface area contributed by atoms with E-state index in [4.69, 9.17) is 11.6 Å². The zero-order valence-corrected chi connectivity index (χ0v) is 11.4. The number of hydrogen-bond donors (Lipinski definition) is 1. The van der Waals surface area contributed by atoms with Gasteiger partial charge in [-0.1, -0.05) is 43.6 Å². The van der Waals surface area contributed by atoms with Gasteiger partial charge in [0, 0.05) is 5.02 Å². The summed E-state index contributed by atoms with van der Waals surface area (Å²) in [6.07, 6.45) is 0.299. The number of carbonyl (C=O) groups is 1. The smallest absolute Gasteiger partial charge is 0.227 e. The van der Waals surface area contributed by atoms with Crippen molar-refractivity contribution >= 4 is 17.5 Å². The van der Waals surface area contributed by atoms with Gasteiger partial charge in [-0.15, -0.1) is 0 Å². The fourth-order valence-corrected chi connectivity index (χ4v) is 2.28. The first kappa shape index (κ1) is 13.4. The largest absolute Gasteiger partial charge is 0.386 e. The van der Waals surface area contributed by atoms with E-state index in [1.54, 1.807) is 11.0 Å². The molecule has 0 radical (unpaired) electrons. The van der Waals surface area contributed by atoms with E-state index in [-0.39, 0.29) is 11.8 Å². The van der Waals surface area contributed by atoms with Crippen LogP contribution >= 0.6 is 11.6 Å². The average Bonchev–Trinajstić information content (AvgIpc) is 2.27. The number of β-amino-alcohol motifs (C(OH)–C–C–N with tert-alkyl or cyclic N) is 1. The van der Waals surface area contributed by atoms with Gasteiger partial charge in [-0.3, -0.25) is 4.79 Å². The van der Waals surface area contributed by atoms with Crippen molar-refractivity contribution in [1.82, 2.24) is 4.90 Å². The Morgan fingerprint density at radius 3 is 2.61 bits per heavy atom. The Kier molecular flexibility index (Phi) is 3.64. The lowest BCUT2D eigenvalue weighted by molar-refractivity contribution is -0.163. The first-order valence-electron chi connectivity index (χ1n) is 6.16. The summed E-state index contributed by atoms with van der Waals surface area (Å²) in [7, 11) is 0. The van der Waals surface area contributed by atoms with Crippen molar-refractivity contribution in [1.29, 1.82) is 0 Å². The number of rotatable bonds is 3. The zero-order valence-electron chi connectivity index (χ0n) is 10.7. The van der Waals surface area contributed by atoms with E-state index >= 15 is 0 Å². The Morgan fingerprint density at radius 1 is 1.44 bits per heavy atom. The van der Waals surface area contributed by atoms with E-state index in [0.29, 0.717) is 24.5 Å². The second-order valence-electron chi connectivity index (χ2n) is 5.28. The van der Waals surface area contributed by atoms with Crippen LogP contribution in [0.5, 0.6) is 0 Å². The van der Waals surface area contributed by atoms with Gasteiger partial charge in [0.1, 0.15) is 5.60 Å². The van der Waals surface area contributed by atoms with Gasteiger partial charge < -0.3 is 10.0 Å². The van der Waals surface area contributed by atoms with Crippen molar-refractivity contribution < 1.29 is 9.90 Å². The summed E-state index contributed by atoms with van der Waals surface area (Å²) in [6.45, 7) is 4.79. The number of nitrogens with zero attached hydrogens (tertiary/aromatic N) is 1. The lowest BCUT2D eigenvalue weighted by Gasteiger charge is -2.49. The van der Waals surface area contributed by atoms with Crippen LogP contribution in [-0.4, -0.2) is 34.6 Å². The summed E-state index contributed by atoms with van der Waals surface area (Å²) in [5.41, 5.74) is 0.125. The maximum atomic E-state index is 12.0. The lowest BCUT2D eigenvalue weighted by Crippen LogP contribution is -2.66. The molecule has 1 aliphatic heterocycles. The minimum Gasteiger partial charge on any atom is -0.386 e. The Hall–Kier alpha value is -1.06. The highest BCUT2D eigenvalue weighted by Gasteiger charge is 2.45. The highest BCUT2D eigenvalue weighted by Crippen LogP contribution is 2.29. The standard InChI is InChI=1S/C14H18ClNO2/c1-10(2)14(18)8-16(9-14)13(17)7-11-5-3-4-6-12(11)15/h3-6,10,18H,7-9H2,1-2H3. The number of carbonyl (C=O) groups excluding carboxylic acids is 1. The molecule has 0 spiro atoms. The summed E-state index contributed by atoms with van der Waals surface area (Å²) < 4.78 is 0. The van der Waals surface area contributed by atoms with Gasteiger partial charge in [0.2, 0.25) is 5.91 Å². The summed E-state index contributed by atoms with van der Waals surface area (Å²) in [4.78, 5) is 13.7. The normalized spacial score (nSPS) is 17.7. The van der Waals surface area contributed by atoms with Crippen molar-refractivity contribution in [3.8, 4) is 0 Å². The molecule has 1 saturated heterocycles. The molecule has 1 heterocycles. The summed E-state index contributed by atoms with van der Waals surface area (Å²) in [5, 5.41) is 10.7. The number of benzene rings is 1. The molecule has 1 aromatic carbocycles. The van der Waals surface area contributed by atoms with Crippen LogP contribution in [0.2, 0.25) is 5.02 Å². The van der Waals surface area contributed by atoms with Crippen LogP contribution in [0.15, 0.2) is 24.3 Å². The molecule has 18 heavy (non-hydrogen) atoms. The molecule has 2 rings (SSSR count). The van der Waals surface area contributed by atoms with Crippen LogP contribution in [0.3, 0.4) is 0 Å². The molecule has 1 aliphatic rings. The molecule has 1 amide bonds. The summed E-state index contributed by atoms with van der Waals surface area (Å²) >= 11 is 6.02. The highest BCUT2D eigenvalue weighted by atomic mass is 35.5. The Labute approximate surface area is 112 Å². The van der Waals surface area contributed by atoms with Crippen LogP contribution in [-0.2, 0) is 11.2 Å². The fourth-order valence-electron chi connectivity index (χ4n) is 2.07. The third kappa shape index (κ3) is 2.52. The molecule has 3 nitrogen and oxygen atoms in total. The number of likely N-dealkylation sites (tertiary alicyclic amines) is 1. The second-order valence-corrected chi connectivity index (χ2v) is 5.68. The number of aliphatic hydroxyl groups is 1. The van der Waals surface area contributed by atoms with Gasteiger partial charge >= 0.3 is 0 Å². The van der Waals surface area contributed by atoms with E-state index < -0.39 is 5.60 Å². The van der Waals surface area contributed by atoms with Gasteiger partial charge in [0.25, 0.3) is 0 Å². The predicted octanol–water partition coefficient (Wildman–Crippen LogP) is 2.11. The number of halogens is 1. The fraction of sp³-hybridized carbons (Fsp3) is 0.500. The van der Waals surface area contributed by atoms with E-state index in [1.807, 2.05) is 32.0 Å². The predicted molar refractivity (Wildman–Crippen MR) is 71.5 cm³/mol. The van der Waals surface area contributed by atoms with E-state index in [1.165, 1.54) is 0 Å². The summed E-state index contributed by atoms with van der Waals surface area (Å²) in [5.74, 6) is 0.190. The molecule has 4 heteroatoms. The highest BCUT2D eigenvalue weighted by molar-refractivity contribution is 6.31. The number of hydrogen-bond acceptors (Lipinski definition) is 2. The molecule has 1 N–H and O–H groups in total. The van der Waals surface area contributed by atoms with Crippen LogP contribution in [0.1, 0.15) is 19.4 Å². The van der Waals surface area contributed by atoms with E-state index in [9.17, 15) is 9.90 Å². The summed E-state index contributed by atoms with van der Waals surface area (Å²) in [6, 6.07) is 7.35. The first-order chi connectivity index (χ1) is 8.42. The quantitative estimate of drug-likeness (QED) is 0.911. The number of amides is 1. The van der Waals surface area contributed by atoms with Crippen molar-refractivity contribution in [2.24, 2.45) is 5.92 Å². The maximum absolute atomic E-state index is 12.0. The second kappa shape index (κ2) is 4.90. The minimum absolute atomic E-state index is 0.0217. The van der Waals surface area contributed by atoms with E-state index in [0.717, 1.165) is 5.56 Å². The van der Waals surface area contributed by atoms with Crippen molar-refractivity contribution in [3.05, 3.63) is 34.9 Å². The Bertz CT molecular complexity index is 453. The molecule has 0 bridgehead atoms. The monoisotopic (exact) mass is 267 g/mol. The van der Waals surface area contributed by atoms with Crippen LogP contribution in [0, 0.1) is 5.92 Å². The topological polar surface area (TPSA) is 40.5 Å². The van der Waals surface area contributed by atoms with Crippen molar-refractivity contribution in [2.45, 2.75) is 25.9 Å². The molecule has 0 atom stereocenters. The third-order valence-corrected chi connectivity index (χ3v) is 4.02. The molecule has 0 saturated carbocycles. The SMILES string of the molecule is CC(C)C1(O)CN(C(=O)Cc2ccccc2Cl)C1. The van der Waals surface area contributed by atoms with Gasteiger partial charge in [0.05, 0.1) is 19.5 Å². The van der Waals surface area contributed by atoms with Gasteiger partial charge in [-0.05, 0) is 17.5 Å². The minimum atomic E-state index is -0.712. The van der Waals surface area contributed by atoms with Crippen LogP contribution in [0.4, 0.5) is 0 Å². The van der Waals surface area contributed by atoms with Gasteiger partial charge in [-0.2, -0.15) is 0 Å². The van der Waals surface area contributed by atoms with E-state index in [2.05, 4.69) is 0 Å². The van der Waals surface area contributed by atoms with Crippen LogP contribution in [0.25, 0.3) is 0 Å². The lowest BCUT2D eigenvalue weighted by atomic mass is 9.83.